The average Bonchev–Trinajstić information content (AvgIpc) is 3.29. The first-order valence-corrected chi connectivity index (χ1v) is 12.2. The van der Waals surface area contributed by atoms with Crippen LogP contribution in [0.1, 0.15) is 27.6 Å². The van der Waals surface area contributed by atoms with Gasteiger partial charge in [-0.1, -0.05) is 30.3 Å². The van der Waals surface area contributed by atoms with Crippen molar-refractivity contribution in [1.29, 1.82) is 0 Å². The van der Waals surface area contributed by atoms with E-state index in [2.05, 4.69) is 10.6 Å². The van der Waals surface area contributed by atoms with E-state index >= 15 is 0 Å². The van der Waals surface area contributed by atoms with Crippen LogP contribution in [-0.4, -0.2) is 54.8 Å². The highest BCUT2D eigenvalue weighted by Crippen LogP contribution is 2.36. The number of thiophene rings is 1. The van der Waals surface area contributed by atoms with Gasteiger partial charge in [-0.2, -0.15) is 0 Å². The molecule has 0 atom stereocenters. The minimum absolute atomic E-state index is 0.0124. The van der Waals surface area contributed by atoms with Gasteiger partial charge in [-0.05, 0) is 55.0 Å². The molecular weight excluding hydrogens is 470 g/mol. The second-order valence-electron chi connectivity index (χ2n) is 7.50. The number of ether oxygens (including phenoxy) is 2. The lowest BCUT2D eigenvalue weighted by atomic mass is 10.1. The van der Waals surface area contributed by atoms with E-state index in [1.807, 2.05) is 36.4 Å². The summed E-state index contributed by atoms with van der Waals surface area (Å²) >= 11 is 6.91. The molecule has 1 aliphatic heterocycles. The molecule has 0 bridgehead atoms. The van der Waals surface area contributed by atoms with Crippen LogP contribution in [0.25, 0.3) is 10.4 Å². The van der Waals surface area contributed by atoms with E-state index in [4.69, 9.17) is 21.7 Å². The number of anilines is 2. The minimum atomic E-state index is -0.405. The highest BCUT2D eigenvalue weighted by Gasteiger charge is 2.20. The summed E-state index contributed by atoms with van der Waals surface area (Å²) in [7, 11) is 0. The van der Waals surface area contributed by atoms with E-state index in [0.717, 1.165) is 16.1 Å². The number of hydrogen-bond acceptors (Lipinski definition) is 6. The Labute approximate surface area is 207 Å². The zero-order chi connectivity index (χ0) is 23.9. The molecule has 34 heavy (non-hydrogen) atoms. The van der Waals surface area contributed by atoms with Crippen LogP contribution in [0.15, 0.2) is 60.7 Å². The molecule has 2 aromatic carbocycles. The van der Waals surface area contributed by atoms with Crippen molar-refractivity contribution in [2.24, 2.45) is 0 Å². The molecule has 4 rings (SSSR count). The number of nitrogens with zero attached hydrogens (tertiary/aromatic N) is 1. The molecule has 1 aliphatic rings. The Morgan fingerprint density at radius 3 is 2.44 bits per heavy atom. The Morgan fingerprint density at radius 1 is 1.06 bits per heavy atom. The largest absolute Gasteiger partial charge is 0.462 e. The third-order valence-electron chi connectivity index (χ3n) is 5.20. The Bertz CT molecular complexity index is 1160. The van der Waals surface area contributed by atoms with Gasteiger partial charge in [0.25, 0.3) is 5.91 Å². The van der Waals surface area contributed by atoms with Crippen molar-refractivity contribution >= 4 is 51.2 Å². The number of morpholine rings is 1. The lowest BCUT2D eigenvalue weighted by Gasteiger charge is -2.26. The summed E-state index contributed by atoms with van der Waals surface area (Å²) in [6.07, 6.45) is 0. The molecule has 0 unspecified atom stereocenters. The van der Waals surface area contributed by atoms with Gasteiger partial charge in [0.05, 0.1) is 25.4 Å². The topological polar surface area (TPSA) is 79.9 Å². The molecule has 1 aromatic heterocycles. The summed E-state index contributed by atoms with van der Waals surface area (Å²) in [6, 6.07) is 18.8. The van der Waals surface area contributed by atoms with Gasteiger partial charge in [0.15, 0.2) is 5.11 Å². The van der Waals surface area contributed by atoms with E-state index in [0.29, 0.717) is 47.5 Å². The summed E-state index contributed by atoms with van der Waals surface area (Å²) in [5, 5.41) is 7.18. The number of rotatable bonds is 6. The SMILES string of the molecule is CCOC(=O)c1cc(-c2ccccc2)sc1NC(=S)Nc1ccc(C(=O)N2CCOCC2)cc1. The quantitative estimate of drug-likeness (QED) is 0.373. The Hall–Kier alpha value is -3.27. The summed E-state index contributed by atoms with van der Waals surface area (Å²) in [5.41, 5.74) is 2.78. The summed E-state index contributed by atoms with van der Waals surface area (Å²) in [4.78, 5) is 27.9. The Balaban J connectivity index is 1.45. The molecule has 1 fully saturated rings. The average molecular weight is 496 g/mol. The predicted octanol–water partition coefficient (Wildman–Crippen LogP) is 4.87. The van der Waals surface area contributed by atoms with Crippen molar-refractivity contribution in [2.45, 2.75) is 6.92 Å². The van der Waals surface area contributed by atoms with Crippen LogP contribution >= 0.6 is 23.6 Å². The van der Waals surface area contributed by atoms with Crippen LogP contribution in [0.2, 0.25) is 0 Å². The number of carbonyl (C=O) groups is 2. The number of hydrogen-bond donors (Lipinski definition) is 2. The van der Waals surface area contributed by atoms with Crippen molar-refractivity contribution < 1.29 is 19.1 Å². The van der Waals surface area contributed by atoms with Gasteiger partial charge in [0.2, 0.25) is 0 Å². The zero-order valence-electron chi connectivity index (χ0n) is 18.7. The number of thiocarbonyl (C=S) groups is 1. The summed E-state index contributed by atoms with van der Waals surface area (Å²) < 4.78 is 10.5. The smallest absolute Gasteiger partial charge is 0.341 e. The molecule has 0 spiro atoms. The Kier molecular flexibility index (Phi) is 7.89. The fourth-order valence-electron chi connectivity index (χ4n) is 3.50. The van der Waals surface area contributed by atoms with E-state index in [1.165, 1.54) is 11.3 Å². The van der Waals surface area contributed by atoms with Crippen molar-refractivity contribution in [3.8, 4) is 10.4 Å². The molecule has 0 saturated carbocycles. The van der Waals surface area contributed by atoms with Crippen LogP contribution in [0.3, 0.4) is 0 Å². The Morgan fingerprint density at radius 2 is 1.76 bits per heavy atom. The molecule has 7 nitrogen and oxygen atoms in total. The van der Waals surface area contributed by atoms with Gasteiger partial charge in [0, 0.05) is 29.2 Å². The van der Waals surface area contributed by atoms with Gasteiger partial charge >= 0.3 is 5.97 Å². The van der Waals surface area contributed by atoms with Gasteiger partial charge in [-0.15, -0.1) is 11.3 Å². The minimum Gasteiger partial charge on any atom is -0.462 e. The van der Waals surface area contributed by atoms with Crippen molar-refractivity contribution in [3.05, 3.63) is 71.8 Å². The standard InChI is InChI=1S/C25H25N3O4S2/c1-2-32-24(30)20-16-21(17-6-4-3-5-7-17)34-22(20)27-25(33)26-19-10-8-18(9-11-19)23(29)28-12-14-31-15-13-28/h3-11,16H,2,12-15H2,1H3,(H2,26,27,33). The summed E-state index contributed by atoms with van der Waals surface area (Å²) in [6.45, 7) is 4.38. The molecule has 2 heterocycles. The summed E-state index contributed by atoms with van der Waals surface area (Å²) in [5.74, 6) is -0.418. The van der Waals surface area contributed by atoms with Gasteiger partial charge in [-0.25, -0.2) is 4.79 Å². The van der Waals surface area contributed by atoms with Crippen molar-refractivity contribution in [1.82, 2.24) is 4.90 Å². The van der Waals surface area contributed by atoms with E-state index in [-0.39, 0.29) is 12.5 Å². The first-order chi connectivity index (χ1) is 16.5. The third kappa shape index (κ3) is 5.80. The molecule has 3 aromatic rings. The van der Waals surface area contributed by atoms with E-state index in [9.17, 15) is 9.59 Å². The second-order valence-corrected chi connectivity index (χ2v) is 8.96. The normalized spacial score (nSPS) is 13.3. The maximum absolute atomic E-state index is 12.6. The maximum Gasteiger partial charge on any atom is 0.341 e. The molecule has 176 valence electrons. The molecular formula is C25H25N3O4S2. The van der Waals surface area contributed by atoms with Crippen LogP contribution in [0.4, 0.5) is 10.7 Å². The molecule has 9 heteroatoms. The third-order valence-corrected chi connectivity index (χ3v) is 6.50. The van der Waals surface area contributed by atoms with Gasteiger partial charge in [0.1, 0.15) is 5.00 Å². The molecule has 1 amide bonds. The zero-order valence-corrected chi connectivity index (χ0v) is 20.3. The second kappa shape index (κ2) is 11.2. The van der Waals surface area contributed by atoms with Crippen LogP contribution in [-0.2, 0) is 9.47 Å². The highest BCUT2D eigenvalue weighted by atomic mass is 32.1. The molecule has 0 aliphatic carbocycles. The monoisotopic (exact) mass is 495 g/mol. The maximum atomic E-state index is 12.6. The van der Waals surface area contributed by atoms with Gasteiger partial charge in [-0.3, -0.25) is 4.79 Å². The predicted molar refractivity (Wildman–Crippen MR) is 139 cm³/mol. The van der Waals surface area contributed by atoms with E-state index < -0.39 is 5.97 Å². The van der Waals surface area contributed by atoms with Crippen molar-refractivity contribution in [3.63, 3.8) is 0 Å². The fourth-order valence-corrected chi connectivity index (χ4v) is 4.84. The first kappa shape index (κ1) is 23.9. The highest BCUT2D eigenvalue weighted by molar-refractivity contribution is 7.80. The fraction of sp³-hybridized carbons (Fsp3) is 0.240. The molecule has 1 saturated heterocycles. The number of carbonyl (C=O) groups excluding carboxylic acids is 2. The van der Waals surface area contributed by atoms with Gasteiger partial charge < -0.3 is 25.0 Å². The first-order valence-electron chi connectivity index (χ1n) is 11.0. The van der Waals surface area contributed by atoms with E-state index in [1.54, 1.807) is 36.1 Å². The lowest BCUT2D eigenvalue weighted by Crippen LogP contribution is -2.40. The number of esters is 1. The molecule has 0 radical (unpaired) electrons. The number of benzene rings is 2. The van der Waals surface area contributed by atoms with Crippen molar-refractivity contribution in [2.75, 3.05) is 43.5 Å². The lowest BCUT2D eigenvalue weighted by molar-refractivity contribution is 0.0303. The van der Waals surface area contributed by atoms with Crippen LogP contribution < -0.4 is 10.6 Å². The molecule has 2 N–H and O–H groups in total. The van der Waals surface area contributed by atoms with Crippen LogP contribution in [0.5, 0.6) is 0 Å². The number of nitrogens with one attached hydrogen (secondary N) is 2. The van der Waals surface area contributed by atoms with Crippen LogP contribution in [0, 0.1) is 0 Å². The number of amides is 1.